The third-order valence-corrected chi connectivity index (χ3v) is 4.69. The molecule has 3 heterocycles. The van der Waals surface area contributed by atoms with Gasteiger partial charge in [-0.15, -0.1) is 11.3 Å². The Kier molecular flexibility index (Phi) is 4.76. The van der Waals surface area contributed by atoms with E-state index >= 15 is 0 Å². The van der Waals surface area contributed by atoms with E-state index in [0.717, 1.165) is 29.4 Å². The molecule has 3 rings (SSSR count). The average molecular weight is 332 g/mol. The first-order valence-corrected chi connectivity index (χ1v) is 8.65. The van der Waals surface area contributed by atoms with Gasteiger partial charge in [0.15, 0.2) is 0 Å². The summed E-state index contributed by atoms with van der Waals surface area (Å²) >= 11 is 1.61. The van der Waals surface area contributed by atoms with Crippen LogP contribution in [0.15, 0.2) is 23.6 Å². The van der Waals surface area contributed by atoms with Crippen LogP contribution in [0, 0.1) is 6.92 Å². The second-order valence-corrected chi connectivity index (χ2v) is 6.65. The van der Waals surface area contributed by atoms with Gasteiger partial charge in [0, 0.05) is 36.9 Å². The molecular weight excluding hydrogens is 312 g/mol. The molecule has 0 saturated heterocycles. The van der Waals surface area contributed by atoms with Crippen molar-refractivity contribution in [2.75, 3.05) is 11.4 Å². The fraction of sp³-hybridized carbons (Fsp3) is 0.438. The number of fused-ring (bicyclic) bond motifs is 1. The van der Waals surface area contributed by atoms with Crippen LogP contribution in [-0.4, -0.2) is 28.1 Å². The molecule has 122 valence electrons. The smallest absolute Gasteiger partial charge is 0.228 e. The first-order valence-electron chi connectivity index (χ1n) is 7.77. The highest BCUT2D eigenvalue weighted by Gasteiger charge is 2.24. The van der Waals surface area contributed by atoms with Gasteiger partial charge in [-0.3, -0.25) is 14.5 Å². The summed E-state index contributed by atoms with van der Waals surface area (Å²) in [4.78, 5) is 27.2. The Hall–Kier alpha value is -2.15. The molecule has 0 aromatic carbocycles. The second-order valence-electron chi connectivity index (χ2n) is 5.62. The van der Waals surface area contributed by atoms with Crippen LogP contribution in [0.1, 0.15) is 29.8 Å². The number of hydrogen-bond acceptors (Lipinski definition) is 4. The normalized spacial score (nSPS) is 13.7. The van der Waals surface area contributed by atoms with Gasteiger partial charge < -0.3 is 5.32 Å². The Morgan fingerprint density at radius 3 is 3.00 bits per heavy atom. The van der Waals surface area contributed by atoms with Gasteiger partial charge in [-0.1, -0.05) is 6.07 Å². The maximum atomic E-state index is 12.4. The number of carbonyl (C=O) groups is 2. The quantitative estimate of drug-likeness (QED) is 0.911. The predicted octanol–water partition coefficient (Wildman–Crippen LogP) is 2.09. The maximum absolute atomic E-state index is 12.4. The SMILES string of the molecule is Cc1cc2n(n1)CCCN2C(=O)CCC(=O)NCc1cccs1. The number of hydrogen-bond donors (Lipinski definition) is 1. The first kappa shape index (κ1) is 15.7. The van der Waals surface area contributed by atoms with Crippen LogP contribution < -0.4 is 10.2 Å². The van der Waals surface area contributed by atoms with E-state index < -0.39 is 0 Å². The van der Waals surface area contributed by atoms with Crippen LogP contribution in [0.3, 0.4) is 0 Å². The summed E-state index contributed by atoms with van der Waals surface area (Å²) in [6.07, 6.45) is 1.33. The Labute approximate surface area is 139 Å². The summed E-state index contributed by atoms with van der Waals surface area (Å²) in [5.41, 5.74) is 0.911. The lowest BCUT2D eigenvalue weighted by Crippen LogP contribution is -2.38. The number of aryl methyl sites for hydroxylation is 2. The molecule has 1 aliphatic rings. The number of nitrogens with one attached hydrogen (secondary N) is 1. The summed E-state index contributed by atoms with van der Waals surface area (Å²) < 4.78 is 1.87. The number of rotatable bonds is 5. The monoisotopic (exact) mass is 332 g/mol. The van der Waals surface area contributed by atoms with Crippen molar-refractivity contribution in [3.63, 3.8) is 0 Å². The predicted molar refractivity (Wildman–Crippen MR) is 89.3 cm³/mol. The molecule has 0 bridgehead atoms. The van der Waals surface area contributed by atoms with Crippen molar-refractivity contribution in [3.05, 3.63) is 34.2 Å². The van der Waals surface area contributed by atoms with Crippen LogP contribution >= 0.6 is 11.3 Å². The van der Waals surface area contributed by atoms with E-state index in [1.807, 2.05) is 35.2 Å². The lowest BCUT2D eigenvalue weighted by molar-refractivity contribution is -0.125. The van der Waals surface area contributed by atoms with E-state index in [4.69, 9.17) is 0 Å². The lowest BCUT2D eigenvalue weighted by atomic mass is 10.2. The summed E-state index contributed by atoms with van der Waals surface area (Å²) in [6.45, 7) is 3.99. The van der Waals surface area contributed by atoms with Gasteiger partial charge in [-0.2, -0.15) is 5.10 Å². The molecule has 2 amide bonds. The highest BCUT2D eigenvalue weighted by molar-refractivity contribution is 7.09. The molecule has 0 atom stereocenters. The van der Waals surface area contributed by atoms with Crippen molar-refractivity contribution in [3.8, 4) is 0 Å². The summed E-state index contributed by atoms with van der Waals surface area (Å²) in [5, 5.41) is 9.21. The molecule has 23 heavy (non-hydrogen) atoms. The number of aromatic nitrogens is 2. The van der Waals surface area contributed by atoms with Gasteiger partial charge in [0.2, 0.25) is 11.8 Å². The zero-order chi connectivity index (χ0) is 16.2. The molecule has 0 spiro atoms. The second kappa shape index (κ2) is 6.95. The van der Waals surface area contributed by atoms with Gasteiger partial charge in [0.05, 0.1) is 12.2 Å². The molecule has 2 aromatic heterocycles. The van der Waals surface area contributed by atoms with Gasteiger partial charge in [-0.05, 0) is 24.8 Å². The summed E-state index contributed by atoms with van der Waals surface area (Å²) in [5.74, 6) is 0.739. The summed E-state index contributed by atoms with van der Waals surface area (Å²) in [6, 6.07) is 5.86. The number of nitrogens with zero attached hydrogens (tertiary/aromatic N) is 3. The van der Waals surface area contributed by atoms with Crippen LogP contribution in [0.25, 0.3) is 0 Å². The third-order valence-electron chi connectivity index (χ3n) is 3.82. The Morgan fingerprint density at radius 1 is 1.35 bits per heavy atom. The highest BCUT2D eigenvalue weighted by atomic mass is 32.1. The van der Waals surface area contributed by atoms with E-state index in [2.05, 4.69) is 10.4 Å². The third kappa shape index (κ3) is 3.79. The van der Waals surface area contributed by atoms with Crippen molar-refractivity contribution in [1.82, 2.24) is 15.1 Å². The largest absolute Gasteiger partial charge is 0.351 e. The molecule has 2 aromatic rings. The van der Waals surface area contributed by atoms with E-state index in [1.165, 1.54) is 0 Å². The standard InChI is InChI=1S/C16H20N4O2S/c1-12-10-15-19(7-3-8-20(15)18-12)16(22)6-5-14(21)17-11-13-4-2-9-23-13/h2,4,9-10H,3,5-8,11H2,1H3,(H,17,21). The first-order chi connectivity index (χ1) is 11.1. The minimum atomic E-state index is -0.0894. The minimum absolute atomic E-state index is 0.0166. The molecule has 1 aliphatic heterocycles. The molecular formula is C16H20N4O2S. The van der Waals surface area contributed by atoms with Crippen molar-refractivity contribution in [2.24, 2.45) is 0 Å². The fourth-order valence-electron chi connectivity index (χ4n) is 2.70. The molecule has 7 heteroatoms. The van der Waals surface area contributed by atoms with E-state index in [1.54, 1.807) is 16.2 Å². The molecule has 6 nitrogen and oxygen atoms in total. The number of anilines is 1. The molecule has 0 unspecified atom stereocenters. The minimum Gasteiger partial charge on any atom is -0.351 e. The molecule has 0 radical (unpaired) electrons. The van der Waals surface area contributed by atoms with E-state index in [0.29, 0.717) is 13.1 Å². The van der Waals surface area contributed by atoms with Gasteiger partial charge in [-0.25, -0.2) is 4.68 Å². The number of carbonyl (C=O) groups excluding carboxylic acids is 2. The molecule has 0 aliphatic carbocycles. The van der Waals surface area contributed by atoms with E-state index in [-0.39, 0.29) is 24.7 Å². The fourth-order valence-corrected chi connectivity index (χ4v) is 3.35. The van der Waals surface area contributed by atoms with Crippen LogP contribution in [0.2, 0.25) is 0 Å². The van der Waals surface area contributed by atoms with Crippen LogP contribution in [0.4, 0.5) is 5.82 Å². The van der Waals surface area contributed by atoms with Crippen molar-refractivity contribution in [2.45, 2.75) is 39.3 Å². The van der Waals surface area contributed by atoms with Gasteiger partial charge in [0.25, 0.3) is 0 Å². The number of thiophene rings is 1. The highest BCUT2D eigenvalue weighted by Crippen LogP contribution is 2.22. The van der Waals surface area contributed by atoms with Crippen LogP contribution in [0.5, 0.6) is 0 Å². The Balaban J connectivity index is 1.50. The van der Waals surface area contributed by atoms with Crippen LogP contribution in [-0.2, 0) is 22.7 Å². The van der Waals surface area contributed by atoms with E-state index in [9.17, 15) is 9.59 Å². The van der Waals surface area contributed by atoms with Gasteiger partial charge in [0.1, 0.15) is 5.82 Å². The molecule has 1 N–H and O–H groups in total. The average Bonchev–Trinajstić information content (AvgIpc) is 3.18. The zero-order valence-electron chi connectivity index (χ0n) is 13.1. The maximum Gasteiger partial charge on any atom is 0.228 e. The number of amides is 2. The topological polar surface area (TPSA) is 67.2 Å². The Morgan fingerprint density at radius 2 is 2.22 bits per heavy atom. The lowest BCUT2D eigenvalue weighted by Gasteiger charge is -2.27. The Bertz CT molecular complexity index is 693. The molecule has 0 saturated carbocycles. The van der Waals surface area contributed by atoms with Crippen molar-refractivity contribution in [1.29, 1.82) is 0 Å². The van der Waals surface area contributed by atoms with Gasteiger partial charge >= 0.3 is 0 Å². The zero-order valence-corrected chi connectivity index (χ0v) is 13.9. The van der Waals surface area contributed by atoms with Crippen molar-refractivity contribution >= 4 is 29.0 Å². The molecule has 0 fully saturated rings. The van der Waals surface area contributed by atoms with Crippen molar-refractivity contribution < 1.29 is 9.59 Å². The summed E-state index contributed by atoms with van der Waals surface area (Å²) in [7, 11) is 0.